The molecule has 4 aliphatic carbocycles. The van der Waals surface area contributed by atoms with Crippen molar-refractivity contribution in [1.82, 2.24) is 0 Å². The number of allylic oxidation sites excluding steroid dienone is 2. The Morgan fingerprint density at radius 1 is 1.09 bits per heavy atom. The molecule has 0 bridgehead atoms. The molecule has 0 radical (unpaired) electrons. The van der Waals surface area contributed by atoms with E-state index in [1.54, 1.807) is 6.92 Å². The van der Waals surface area contributed by atoms with E-state index in [2.05, 4.69) is 0 Å². The van der Waals surface area contributed by atoms with Crippen LogP contribution < -0.4 is 0 Å². The monoisotopic (exact) mass is 486 g/mol. The van der Waals surface area contributed by atoms with Crippen LogP contribution in [-0.4, -0.2) is 61.2 Å². The number of fused-ring (bicyclic) bond motifs is 5. The van der Waals surface area contributed by atoms with Crippen molar-refractivity contribution in [2.45, 2.75) is 102 Å². The second-order valence-electron chi connectivity index (χ2n) is 12.3. The number of aliphatic hydroxyl groups excluding tert-OH is 1. The summed E-state index contributed by atoms with van der Waals surface area (Å²) in [5.74, 6) is -1.08. The minimum absolute atomic E-state index is 0.0667. The molecule has 0 aromatic rings. The van der Waals surface area contributed by atoms with Crippen molar-refractivity contribution in [3.63, 3.8) is 0 Å². The second kappa shape index (κ2) is 7.37. The largest absolute Gasteiger partial charge is 0.455 e. The number of aliphatic hydroxyl groups is 4. The highest BCUT2D eigenvalue weighted by atomic mass is 16.6. The van der Waals surface area contributed by atoms with E-state index in [4.69, 9.17) is 4.74 Å². The van der Waals surface area contributed by atoms with Crippen molar-refractivity contribution in [3.05, 3.63) is 34.9 Å². The molecule has 1 heterocycles. The molecular formula is C28H38O7. The van der Waals surface area contributed by atoms with Crippen LogP contribution in [0.15, 0.2) is 34.9 Å². The van der Waals surface area contributed by atoms with E-state index in [0.717, 1.165) is 5.57 Å². The van der Waals surface area contributed by atoms with Gasteiger partial charge in [-0.25, -0.2) is 4.79 Å². The Morgan fingerprint density at radius 2 is 1.77 bits per heavy atom. The number of cyclic esters (lactones) is 1. The maximum absolute atomic E-state index is 13.1. The van der Waals surface area contributed by atoms with Gasteiger partial charge >= 0.3 is 5.97 Å². The molecule has 5 rings (SSSR count). The molecule has 1 aliphatic heterocycles. The molecule has 0 spiro atoms. The molecule has 0 unspecified atom stereocenters. The molecule has 2 fully saturated rings. The third kappa shape index (κ3) is 2.81. The van der Waals surface area contributed by atoms with Crippen molar-refractivity contribution in [3.8, 4) is 0 Å². The van der Waals surface area contributed by atoms with E-state index < -0.39 is 45.8 Å². The van der Waals surface area contributed by atoms with Crippen molar-refractivity contribution < 1.29 is 34.8 Å². The Balaban J connectivity index is 1.54. The third-order valence-electron chi connectivity index (χ3n) is 11.1. The van der Waals surface area contributed by atoms with Crippen LogP contribution in [0.25, 0.3) is 0 Å². The zero-order valence-electron chi connectivity index (χ0n) is 21.3. The van der Waals surface area contributed by atoms with Crippen molar-refractivity contribution >= 4 is 11.8 Å². The zero-order valence-corrected chi connectivity index (χ0v) is 21.3. The van der Waals surface area contributed by atoms with E-state index in [1.165, 1.54) is 19.1 Å². The number of esters is 1. The Morgan fingerprint density at radius 3 is 2.43 bits per heavy atom. The molecule has 0 saturated heterocycles. The fourth-order valence-corrected chi connectivity index (χ4v) is 8.47. The summed E-state index contributed by atoms with van der Waals surface area (Å²) in [5.41, 5.74) is -4.81. The van der Waals surface area contributed by atoms with E-state index in [-0.39, 0.29) is 30.5 Å². The SMILES string of the molecule is CC1=C(C)C(=O)O[C@@H]([C@](C)(O)[C@]2(O)CC[C@@]3(O)[C@@H]4CC=C5[C@H](O)C=CC(=O)[C@]5(C)[C@H]4CC[C@]23C)C1. The summed E-state index contributed by atoms with van der Waals surface area (Å²) in [4.78, 5) is 25.6. The van der Waals surface area contributed by atoms with E-state index >= 15 is 0 Å². The molecule has 0 aromatic carbocycles. The van der Waals surface area contributed by atoms with Gasteiger partial charge in [0.1, 0.15) is 17.3 Å². The van der Waals surface area contributed by atoms with Gasteiger partial charge in [0.05, 0.1) is 17.1 Å². The van der Waals surface area contributed by atoms with Crippen LogP contribution in [0.4, 0.5) is 0 Å². The number of carbonyl (C=O) groups is 2. The molecule has 0 aromatic heterocycles. The van der Waals surface area contributed by atoms with Gasteiger partial charge in [0.2, 0.25) is 0 Å². The highest BCUT2D eigenvalue weighted by Crippen LogP contribution is 2.70. The summed E-state index contributed by atoms with van der Waals surface area (Å²) in [6.45, 7) is 8.75. The zero-order chi connectivity index (χ0) is 25.8. The van der Waals surface area contributed by atoms with Gasteiger partial charge < -0.3 is 25.2 Å². The fraction of sp³-hybridized carbons (Fsp3) is 0.714. The van der Waals surface area contributed by atoms with E-state index in [0.29, 0.717) is 36.8 Å². The lowest BCUT2D eigenvalue weighted by atomic mass is 9.44. The predicted molar refractivity (Wildman–Crippen MR) is 128 cm³/mol. The maximum atomic E-state index is 13.1. The lowest BCUT2D eigenvalue weighted by molar-refractivity contribution is -0.279. The summed E-state index contributed by atoms with van der Waals surface area (Å²) in [6, 6.07) is 0. The molecule has 2 saturated carbocycles. The quantitative estimate of drug-likeness (QED) is 0.349. The molecular weight excluding hydrogens is 448 g/mol. The van der Waals surface area contributed by atoms with E-state index in [9.17, 15) is 30.0 Å². The molecule has 5 aliphatic rings. The molecule has 7 heteroatoms. The van der Waals surface area contributed by atoms with Gasteiger partial charge in [-0.15, -0.1) is 0 Å². The molecule has 9 atom stereocenters. The Labute approximate surface area is 206 Å². The molecule has 192 valence electrons. The number of rotatable bonds is 2. The van der Waals surface area contributed by atoms with Gasteiger partial charge in [-0.05, 0) is 89.4 Å². The Kier molecular flexibility index (Phi) is 5.24. The predicted octanol–water partition coefficient (Wildman–Crippen LogP) is 2.51. The van der Waals surface area contributed by atoms with E-state index in [1.807, 2.05) is 26.8 Å². The molecule has 7 nitrogen and oxygen atoms in total. The first-order chi connectivity index (χ1) is 16.1. The fourth-order valence-electron chi connectivity index (χ4n) is 8.47. The summed E-state index contributed by atoms with van der Waals surface area (Å²) >= 11 is 0. The highest BCUT2D eigenvalue weighted by molar-refractivity contribution is 5.99. The lowest BCUT2D eigenvalue weighted by Crippen LogP contribution is -2.72. The Bertz CT molecular complexity index is 1080. The molecule has 0 amide bonds. The minimum atomic E-state index is -1.80. The van der Waals surface area contributed by atoms with Crippen LogP contribution in [0.3, 0.4) is 0 Å². The number of hydrogen-bond acceptors (Lipinski definition) is 7. The minimum Gasteiger partial charge on any atom is -0.455 e. The van der Waals surface area contributed by atoms with Crippen LogP contribution in [-0.2, 0) is 14.3 Å². The van der Waals surface area contributed by atoms with Crippen LogP contribution in [0.5, 0.6) is 0 Å². The topological polar surface area (TPSA) is 124 Å². The first-order valence-electron chi connectivity index (χ1n) is 12.8. The van der Waals surface area contributed by atoms with Crippen molar-refractivity contribution in [2.24, 2.45) is 22.7 Å². The van der Waals surface area contributed by atoms with Crippen LogP contribution in [0.2, 0.25) is 0 Å². The number of ketones is 1. The molecule has 4 N–H and O–H groups in total. The maximum Gasteiger partial charge on any atom is 0.334 e. The average Bonchev–Trinajstić information content (AvgIpc) is 3.02. The smallest absolute Gasteiger partial charge is 0.334 e. The van der Waals surface area contributed by atoms with Crippen molar-refractivity contribution in [2.75, 3.05) is 0 Å². The summed E-state index contributed by atoms with van der Waals surface area (Å²) in [5, 5.41) is 47.1. The first-order valence-corrected chi connectivity index (χ1v) is 12.8. The second-order valence-corrected chi connectivity index (χ2v) is 12.3. The van der Waals surface area contributed by atoms with Crippen LogP contribution in [0, 0.1) is 22.7 Å². The first kappa shape index (κ1) is 24.9. The summed E-state index contributed by atoms with van der Waals surface area (Å²) in [7, 11) is 0. The van der Waals surface area contributed by atoms with Gasteiger partial charge in [0.25, 0.3) is 0 Å². The number of ether oxygens (including phenoxy) is 1. The number of carbonyl (C=O) groups excluding carboxylic acids is 2. The standard InChI is InChI=1S/C28H38O7/c1-15-14-22(35-23(31)16(15)2)26(5,32)28(34)13-12-27(33)18-6-7-19-20(29)8-9-21(30)25(19,4)17(18)10-11-24(27,28)3/h7-9,17-18,20,22,29,32-34H,6,10-14H2,1-5H3/t17-,18+,20+,22+,24-,25+,26-,27+,28-/m0/s1. The van der Waals surface area contributed by atoms with Gasteiger partial charge in [-0.2, -0.15) is 0 Å². The summed E-state index contributed by atoms with van der Waals surface area (Å²) < 4.78 is 5.61. The highest BCUT2D eigenvalue weighted by Gasteiger charge is 2.76. The average molecular weight is 487 g/mol. The van der Waals surface area contributed by atoms with Gasteiger partial charge in [-0.1, -0.05) is 18.6 Å². The number of hydrogen-bond donors (Lipinski definition) is 4. The Hall–Kier alpha value is -1.80. The van der Waals surface area contributed by atoms with Gasteiger partial charge in [0, 0.05) is 17.4 Å². The lowest BCUT2D eigenvalue weighted by Gasteiger charge is -2.63. The normalized spacial score (nSPS) is 49.0. The third-order valence-corrected chi connectivity index (χ3v) is 11.1. The molecule has 35 heavy (non-hydrogen) atoms. The van der Waals surface area contributed by atoms with Crippen molar-refractivity contribution in [1.29, 1.82) is 0 Å². The van der Waals surface area contributed by atoms with Gasteiger partial charge in [0.15, 0.2) is 5.78 Å². The van der Waals surface area contributed by atoms with Gasteiger partial charge in [-0.3, -0.25) is 4.79 Å². The summed E-state index contributed by atoms with van der Waals surface area (Å²) in [6.07, 6.45) is 5.28. The van der Waals surface area contributed by atoms with Crippen LogP contribution >= 0.6 is 0 Å². The van der Waals surface area contributed by atoms with Crippen LogP contribution in [0.1, 0.15) is 73.1 Å².